The number of fused-ring (bicyclic) bond motifs is 1. The van der Waals surface area contributed by atoms with Crippen LogP contribution in [0.2, 0.25) is 5.02 Å². The molecule has 3 N–H and O–H groups in total. The van der Waals surface area contributed by atoms with Gasteiger partial charge < -0.3 is 15.7 Å². The number of nitrogens with one attached hydrogen (secondary N) is 2. The van der Waals surface area contributed by atoms with E-state index < -0.39 is 5.60 Å². The first-order valence-electron chi connectivity index (χ1n) is 10.5. The van der Waals surface area contributed by atoms with Gasteiger partial charge in [-0.05, 0) is 57.0 Å². The molecule has 0 fully saturated rings. The van der Waals surface area contributed by atoms with E-state index in [2.05, 4.69) is 30.7 Å². The summed E-state index contributed by atoms with van der Waals surface area (Å²) in [7, 11) is 0. The summed E-state index contributed by atoms with van der Waals surface area (Å²) in [6, 6.07) is 9.62. The molecule has 0 aliphatic rings. The fourth-order valence-corrected chi connectivity index (χ4v) is 3.57. The summed E-state index contributed by atoms with van der Waals surface area (Å²) in [5.74, 6) is 0.523. The predicted octanol–water partition coefficient (Wildman–Crippen LogP) is 4.43. The molecule has 32 heavy (non-hydrogen) atoms. The summed E-state index contributed by atoms with van der Waals surface area (Å²) in [6.07, 6.45) is 8.78. The minimum atomic E-state index is -0.830. The van der Waals surface area contributed by atoms with E-state index in [0.29, 0.717) is 17.5 Å². The second-order valence-electron chi connectivity index (χ2n) is 8.29. The van der Waals surface area contributed by atoms with Gasteiger partial charge in [-0.25, -0.2) is 9.97 Å². The third-order valence-electron chi connectivity index (χ3n) is 4.78. The van der Waals surface area contributed by atoms with Crippen LogP contribution < -0.4 is 10.6 Å². The van der Waals surface area contributed by atoms with Gasteiger partial charge in [0, 0.05) is 46.9 Å². The fraction of sp³-hybridized carbons (Fsp3) is 0.304. The standard InChI is InChI=1S/C23H26ClN7O/c1-23(2,32)15-31-14-18(13-28-31)30-22-27-10-7-17(29-22)4-3-9-25-20-8-11-26-21-12-16(24)5-6-19(20)21/h5-8,10-14,32H,3-4,9,15H2,1-2H3,(H,25,26)(H,27,29,30). The van der Waals surface area contributed by atoms with Gasteiger partial charge in [0.1, 0.15) is 0 Å². The lowest BCUT2D eigenvalue weighted by molar-refractivity contribution is 0.0578. The van der Waals surface area contributed by atoms with Gasteiger partial charge >= 0.3 is 0 Å². The number of nitrogens with zero attached hydrogens (tertiary/aromatic N) is 5. The Bertz CT molecular complexity index is 1200. The molecule has 3 aromatic heterocycles. The van der Waals surface area contributed by atoms with Crippen molar-refractivity contribution in [3.05, 3.63) is 65.8 Å². The highest BCUT2D eigenvalue weighted by molar-refractivity contribution is 6.31. The van der Waals surface area contributed by atoms with Crippen LogP contribution in [0.4, 0.5) is 17.3 Å². The normalized spacial score (nSPS) is 11.6. The first-order valence-corrected chi connectivity index (χ1v) is 10.9. The van der Waals surface area contributed by atoms with E-state index in [0.717, 1.165) is 47.4 Å². The molecule has 9 heteroatoms. The molecule has 0 saturated heterocycles. The predicted molar refractivity (Wildman–Crippen MR) is 127 cm³/mol. The van der Waals surface area contributed by atoms with Crippen LogP contribution in [-0.2, 0) is 13.0 Å². The summed E-state index contributed by atoms with van der Waals surface area (Å²) in [5, 5.41) is 22.6. The van der Waals surface area contributed by atoms with Crippen molar-refractivity contribution in [2.45, 2.75) is 38.8 Å². The quantitative estimate of drug-likeness (QED) is 0.323. The molecular weight excluding hydrogens is 426 g/mol. The molecule has 0 spiro atoms. The molecule has 0 atom stereocenters. The molecule has 0 aliphatic heterocycles. The van der Waals surface area contributed by atoms with E-state index in [4.69, 9.17) is 11.6 Å². The maximum Gasteiger partial charge on any atom is 0.227 e. The van der Waals surface area contributed by atoms with Gasteiger partial charge in [0.05, 0.1) is 29.5 Å². The van der Waals surface area contributed by atoms with E-state index in [1.807, 2.05) is 36.5 Å². The van der Waals surface area contributed by atoms with Gasteiger partial charge in [0.15, 0.2) is 0 Å². The van der Waals surface area contributed by atoms with Crippen LogP contribution in [-0.4, -0.2) is 42.0 Å². The van der Waals surface area contributed by atoms with Crippen molar-refractivity contribution in [1.29, 1.82) is 0 Å². The highest BCUT2D eigenvalue weighted by Crippen LogP contribution is 2.24. The lowest BCUT2D eigenvalue weighted by atomic mass is 10.1. The van der Waals surface area contributed by atoms with Gasteiger partial charge in [0.25, 0.3) is 0 Å². The Labute approximate surface area is 191 Å². The molecule has 4 aromatic rings. The van der Waals surface area contributed by atoms with E-state index in [1.165, 1.54) is 0 Å². The third-order valence-corrected chi connectivity index (χ3v) is 5.02. The first kappa shape index (κ1) is 22.0. The number of hydrogen-bond donors (Lipinski definition) is 3. The van der Waals surface area contributed by atoms with Crippen molar-refractivity contribution in [2.24, 2.45) is 0 Å². The Morgan fingerprint density at radius 2 is 1.97 bits per heavy atom. The van der Waals surface area contributed by atoms with Crippen LogP contribution in [0.15, 0.2) is 55.1 Å². The van der Waals surface area contributed by atoms with Crippen molar-refractivity contribution < 1.29 is 5.11 Å². The molecule has 1 aromatic carbocycles. The van der Waals surface area contributed by atoms with Crippen LogP contribution in [0.25, 0.3) is 10.9 Å². The van der Waals surface area contributed by atoms with Gasteiger partial charge in [-0.2, -0.15) is 5.10 Å². The fourth-order valence-electron chi connectivity index (χ4n) is 3.40. The summed E-state index contributed by atoms with van der Waals surface area (Å²) >= 11 is 6.06. The van der Waals surface area contributed by atoms with Gasteiger partial charge in [0.2, 0.25) is 5.95 Å². The maximum atomic E-state index is 9.93. The molecular formula is C23H26ClN7O. The second kappa shape index (κ2) is 9.50. The van der Waals surface area contributed by atoms with Crippen molar-refractivity contribution in [3.8, 4) is 0 Å². The Balaban J connectivity index is 1.31. The lowest BCUT2D eigenvalue weighted by Crippen LogP contribution is -2.26. The van der Waals surface area contributed by atoms with Crippen molar-refractivity contribution in [2.75, 3.05) is 17.2 Å². The molecule has 0 saturated carbocycles. The van der Waals surface area contributed by atoms with Crippen molar-refractivity contribution in [1.82, 2.24) is 24.7 Å². The molecule has 0 radical (unpaired) electrons. The molecule has 0 amide bonds. The van der Waals surface area contributed by atoms with E-state index >= 15 is 0 Å². The molecule has 3 heterocycles. The van der Waals surface area contributed by atoms with E-state index in [-0.39, 0.29) is 0 Å². The monoisotopic (exact) mass is 451 g/mol. The number of benzene rings is 1. The van der Waals surface area contributed by atoms with Gasteiger partial charge in [-0.1, -0.05) is 11.6 Å². The van der Waals surface area contributed by atoms with Crippen molar-refractivity contribution in [3.63, 3.8) is 0 Å². The SMILES string of the molecule is CC(C)(O)Cn1cc(Nc2nccc(CCCNc3ccnc4cc(Cl)ccc34)n2)cn1. The molecule has 0 aliphatic carbocycles. The number of halogens is 1. The number of anilines is 3. The smallest absolute Gasteiger partial charge is 0.227 e. The number of aromatic nitrogens is 5. The number of pyridine rings is 1. The van der Waals surface area contributed by atoms with Gasteiger partial charge in [-0.15, -0.1) is 0 Å². The Morgan fingerprint density at radius 3 is 2.81 bits per heavy atom. The highest BCUT2D eigenvalue weighted by Gasteiger charge is 2.14. The average molecular weight is 452 g/mol. The largest absolute Gasteiger partial charge is 0.389 e. The molecule has 166 valence electrons. The Morgan fingerprint density at radius 1 is 1.12 bits per heavy atom. The van der Waals surface area contributed by atoms with E-state index in [1.54, 1.807) is 37.1 Å². The summed E-state index contributed by atoms with van der Waals surface area (Å²) in [6.45, 7) is 4.70. The highest BCUT2D eigenvalue weighted by atomic mass is 35.5. The molecule has 0 unspecified atom stereocenters. The van der Waals surface area contributed by atoms with Gasteiger partial charge in [-0.3, -0.25) is 9.67 Å². The summed E-state index contributed by atoms with van der Waals surface area (Å²) < 4.78 is 1.69. The summed E-state index contributed by atoms with van der Waals surface area (Å²) in [5.41, 5.74) is 2.82. The maximum absolute atomic E-state index is 9.93. The number of rotatable bonds is 9. The van der Waals surface area contributed by atoms with Crippen molar-refractivity contribution >= 4 is 39.8 Å². The molecule has 8 nitrogen and oxygen atoms in total. The minimum Gasteiger partial charge on any atom is -0.389 e. The Kier molecular flexibility index (Phi) is 6.53. The zero-order valence-electron chi connectivity index (χ0n) is 18.1. The number of aliphatic hydroxyl groups is 1. The van der Waals surface area contributed by atoms with E-state index in [9.17, 15) is 5.11 Å². The average Bonchev–Trinajstić information content (AvgIpc) is 3.16. The zero-order chi connectivity index (χ0) is 22.6. The minimum absolute atomic E-state index is 0.405. The third kappa shape index (κ3) is 5.93. The Hall–Kier alpha value is -3.23. The zero-order valence-corrected chi connectivity index (χ0v) is 18.8. The second-order valence-corrected chi connectivity index (χ2v) is 8.72. The summed E-state index contributed by atoms with van der Waals surface area (Å²) in [4.78, 5) is 13.3. The van der Waals surface area contributed by atoms with Crippen LogP contribution in [0, 0.1) is 0 Å². The van der Waals surface area contributed by atoms with Crippen LogP contribution in [0.3, 0.4) is 0 Å². The number of hydrogen-bond acceptors (Lipinski definition) is 7. The topological polar surface area (TPSA) is 101 Å². The lowest BCUT2D eigenvalue weighted by Gasteiger charge is -2.16. The van der Waals surface area contributed by atoms with Crippen LogP contribution in [0.1, 0.15) is 26.0 Å². The number of aryl methyl sites for hydroxylation is 1. The molecule has 4 rings (SSSR count). The molecule has 0 bridgehead atoms. The van der Waals surface area contributed by atoms with Crippen LogP contribution in [0.5, 0.6) is 0 Å². The first-order chi connectivity index (χ1) is 15.4. The van der Waals surface area contributed by atoms with Crippen LogP contribution >= 0.6 is 11.6 Å².